The van der Waals surface area contributed by atoms with E-state index < -0.39 is 0 Å². The summed E-state index contributed by atoms with van der Waals surface area (Å²) in [6, 6.07) is 12.9. The lowest BCUT2D eigenvalue weighted by Crippen LogP contribution is -2.27. The van der Waals surface area contributed by atoms with Crippen molar-refractivity contribution in [1.82, 2.24) is 5.32 Å². The molecule has 2 aromatic rings. The molecule has 1 N–H and O–H groups in total. The average Bonchev–Trinajstić information content (AvgIpc) is 2.54. The SMILES string of the molecule is COc1ccc(C(=O)NC(C)c2ccc(Br)cc2)c(OC)c1. The number of hydrogen-bond donors (Lipinski definition) is 1. The minimum absolute atomic E-state index is 0.104. The van der Waals surface area contributed by atoms with Crippen LogP contribution in [0.2, 0.25) is 0 Å². The van der Waals surface area contributed by atoms with Crippen LogP contribution >= 0.6 is 15.9 Å². The molecule has 0 aliphatic rings. The molecular weight excluding hydrogens is 346 g/mol. The van der Waals surface area contributed by atoms with Crippen LogP contribution in [0, 0.1) is 0 Å². The van der Waals surface area contributed by atoms with Gasteiger partial charge in [-0.25, -0.2) is 0 Å². The topological polar surface area (TPSA) is 47.6 Å². The van der Waals surface area contributed by atoms with Gasteiger partial charge in [0.05, 0.1) is 25.8 Å². The van der Waals surface area contributed by atoms with Crippen LogP contribution in [0.4, 0.5) is 0 Å². The molecule has 2 rings (SSSR count). The summed E-state index contributed by atoms with van der Waals surface area (Å²) in [4.78, 5) is 12.4. The number of amides is 1. The molecule has 0 aromatic heterocycles. The van der Waals surface area contributed by atoms with Crippen molar-refractivity contribution >= 4 is 21.8 Å². The molecular formula is C17H18BrNO3. The first kappa shape index (κ1) is 16.4. The number of rotatable bonds is 5. The quantitative estimate of drug-likeness (QED) is 0.874. The molecule has 1 atom stereocenters. The molecule has 0 spiro atoms. The van der Waals surface area contributed by atoms with Crippen LogP contribution in [0.3, 0.4) is 0 Å². The summed E-state index contributed by atoms with van der Waals surface area (Å²) in [6.07, 6.45) is 0. The van der Waals surface area contributed by atoms with Crippen molar-refractivity contribution in [3.05, 3.63) is 58.1 Å². The van der Waals surface area contributed by atoms with Gasteiger partial charge < -0.3 is 14.8 Å². The van der Waals surface area contributed by atoms with Crippen molar-refractivity contribution in [2.75, 3.05) is 14.2 Å². The van der Waals surface area contributed by atoms with Gasteiger partial charge in [-0.3, -0.25) is 4.79 Å². The molecule has 4 nitrogen and oxygen atoms in total. The summed E-state index contributed by atoms with van der Waals surface area (Å²) < 4.78 is 11.4. The number of hydrogen-bond acceptors (Lipinski definition) is 3. The maximum atomic E-state index is 12.4. The van der Waals surface area contributed by atoms with Crippen molar-refractivity contribution < 1.29 is 14.3 Å². The highest BCUT2D eigenvalue weighted by atomic mass is 79.9. The molecule has 2 aromatic carbocycles. The van der Waals surface area contributed by atoms with Gasteiger partial charge in [-0.05, 0) is 36.8 Å². The van der Waals surface area contributed by atoms with Crippen molar-refractivity contribution in [1.29, 1.82) is 0 Å². The van der Waals surface area contributed by atoms with E-state index >= 15 is 0 Å². The highest BCUT2D eigenvalue weighted by Crippen LogP contribution is 2.25. The first-order chi connectivity index (χ1) is 10.5. The molecule has 5 heteroatoms. The van der Waals surface area contributed by atoms with E-state index in [2.05, 4.69) is 21.2 Å². The van der Waals surface area contributed by atoms with E-state index in [0.29, 0.717) is 17.1 Å². The Balaban J connectivity index is 2.16. The second-order valence-corrected chi connectivity index (χ2v) is 5.73. The highest BCUT2D eigenvalue weighted by molar-refractivity contribution is 9.10. The van der Waals surface area contributed by atoms with Crippen molar-refractivity contribution in [2.24, 2.45) is 0 Å². The van der Waals surface area contributed by atoms with E-state index in [4.69, 9.17) is 9.47 Å². The van der Waals surface area contributed by atoms with Crippen molar-refractivity contribution in [3.63, 3.8) is 0 Å². The molecule has 0 saturated carbocycles. The van der Waals surface area contributed by atoms with Gasteiger partial charge in [-0.1, -0.05) is 28.1 Å². The van der Waals surface area contributed by atoms with E-state index in [9.17, 15) is 4.79 Å². The predicted molar refractivity (Wildman–Crippen MR) is 89.6 cm³/mol. The number of ether oxygens (including phenoxy) is 2. The van der Waals surface area contributed by atoms with Gasteiger partial charge in [0.1, 0.15) is 11.5 Å². The lowest BCUT2D eigenvalue weighted by molar-refractivity contribution is 0.0937. The van der Waals surface area contributed by atoms with Crippen LogP contribution in [0.15, 0.2) is 46.9 Å². The fourth-order valence-electron chi connectivity index (χ4n) is 2.10. The monoisotopic (exact) mass is 363 g/mol. The van der Waals surface area contributed by atoms with E-state index in [-0.39, 0.29) is 11.9 Å². The Kier molecular flexibility index (Phi) is 5.44. The van der Waals surface area contributed by atoms with Crippen molar-refractivity contribution in [3.8, 4) is 11.5 Å². The molecule has 0 aliphatic carbocycles. The largest absolute Gasteiger partial charge is 0.497 e. The number of nitrogens with one attached hydrogen (secondary N) is 1. The normalized spacial score (nSPS) is 11.6. The maximum Gasteiger partial charge on any atom is 0.255 e. The van der Waals surface area contributed by atoms with Gasteiger partial charge in [0.25, 0.3) is 5.91 Å². The molecule has 1 unspecified atom stereocenters. The van der Waals surface area contributed by atoms with Crippen LogP contribution < -0.4 is 14.8 Å². The maximum absolute atomic E-state index is 12.4. The van der Waals surface area contributed by atoms with Gasteiger partial charge in [-0.15, -0.1) is 0 Å². The van der Waals surface area contributed by atoms with Crippen LogP contribution in [0.25, 0.3) is 0 Å². The smallest absolute Gasteiger partial charge is 0.255 e. The minimum Gasteiger partial charge on any atom is -0.497 e. The standard InChI is InChI=1S/C17H18BrNO3/c1-11(12-4-6-13(18)7-5-12)19-17(20)15-9-8-14(21-2)10-16(15)22-3/h4-11H,1-3H3,(H,19,20). The number of carbonyl (C=O) groups excluding carboxylic acids is 1. The summed E-state index contributed by atoms with van der Waals surface area (Å²) in [5.74, 6) is 0.948. The fourth-order valence-corrected chi connectivity index (χ4v) is 2.36. The van der Waals surface area contributed by atoms with E-state index in [1.54, 1.807) is 25.3 Å². The zero-order chi connectivity index (χ0) is 16.1. The second-order valence-electron chi connectivity index (χ2n) is 4.81. The zero-order valence-corrected chi connectivity index (χ0v) is 14.3. The van der Waals surface area contributed by atoms with Gasteiger partial charge in [0, 0.05) is 10.5 Å². The summed E-state index contributed by atoms with van der Waals surface area (Å²) >= 11 is 3.40. The van der Waals surface area contributed by atoms with Crippen LogP contribution in [0.1, 0.15) is 28.9 Å². The van der Waals surface area contributed by atoms with E-state index in [1.807, 2.05) is 31.2 Å². The van der Waals surface area contributed by atoms with Crippen LogP contribution in [-0.4, -0.2) is 20.1 Å². The van der Waals surface area contributed by atoms with Crippen molar-refractivity contribution in [2.45, 2.75) is 13.0 Å². The molecule has 0 bridgehead atoms. The van der Waals surface area contributed by atoms with E-state index in [0.717, 1.165) is 10.0 Å². The predicted octanol–water partition coefficient (Wildman–Crippen LogP) is 3.96. The molecule has 116 valence electrons. The Bertz CT molecular complexity index is 655. The fraction of sp³-hybridized carbons (Fsp3) is 0.235. The third kappa shape index (κ3) is 3.80. The van der Waals surface area contributed by atoms with Crippen LogP contribution in [-0.2, 0) is 0 Å². The molecule has 1 amide bonds. The van der Waals surface area contributed by atoms with Gasteiger partial charge in [0.2, 0.25) is 0 Å². The molecule has 0 radical (unpaired) electrons. The Morgan fingerprint density at radius 1 is 1.09 bits per heavy atom. The second kappa shape index (κ2) is 7.31. The zero-order valence-electron chi connectivity index (χ0n) is 12.7. The first-order valence-electron chi connectivity index (χ1n) is 6.83. The average molecular weight is 364 g/mol. The highest BCUT2D eigenvalue weighted by Gasteiger charge is 2.16. The molecule has 0 saturated heterocycles. The molecule has 0 fully saturated rings. The number of carbonyl (C=O) groups is 1. The summed E-state index contributed by atoms with van der Waals surface area (Å²) in [5, 5.41) is 2.97. The summed E-state index contributed by atoms with van der Waals surface area (Å²) in [6.45, 7) is 1.94. The van der Waals surface area contributed by atoms with E-state index in [1.165, 1.54) is 7.11 Å². The molecule has 0 heterocycles. The number of benzene rings is 2. The van der Waals surface area contributed by atoms with Crippen LogP contribution in [0.5, 0.6) is 11.5 Å². The summed E-state index contributed by atoms with van der Waals surface area (Å²) in [7, 11) is 3.10. The molecule has 22 heavy (non-hydrogen) atoms. The Labute approximate surface area is 138 Å². The van der Waals surface area contributed by atoms with Gasteiger partial charge in [0.15, 0.2) is 0 Å². The first-order valence-corrected chi connectivity index (χ1v) is 7.62. The third-order valence-corrected chi connectivity index (χ3v) is 3.90. The number of methoxy groups -OCH3 is 2. The third-order valence-electron chi connectivity index (χ3n) is 3.37. The minimum atomic E-state index is -0.185. The van der Waals surface area contributed by atoms with Gasteiger partial charge in [-0.2, -0.15) is 0 Å². The number of halogens is 1. The lowest BCUT2D eigenvalue weighted by Gasteiger charge is -2.16. The lowest BCUT2D eigenvalue weighted by atomic mass is 10.1. The Hall–Kier alpha value is -2.01. The summed E-state index contributed by atoms with van der Waals surface area (Å²) in [5.41, 5.74) is 1.51. The molecule has 0 aliphatic heterocycles. The van der Waals surface area contributed by atoms with Gasteiger partial charge >= 0.3 is 0 Å². The Morgan fingerprint density at radius 3 is 2.36 bits per heavy atom. The Morgan fingerprint density at radius 2 is 1.77 bits per heavy atom.